The van der Waals surface area contributed by atoms with Crippen molar-refractivity contribution in [3.63, 3.8) is 0 Å². The normalized spacial score (nSPS) is 13.8. The molecule has 5 rings (SSSR count). The summed E-state index contributed by atoms with van der Waals surface area (Å²) in [5.74, 6) is -1.29. The van der Waals surface area contributed by atoms with Gasteiger partial charge in [-0.3, -0.25) is 9.59 Å². The van der Waals surface area contributed by atoms with Crippen LogP contribution in [-0.2, 0) is 16.6 Å². The molecule has 0 aliphatic heterocycles. The molecule has 1 aliphatic rings. The number of aromatic amines is 1. The second-order valence-corrected chi connectivity index (χ2v) is 11.0. The zero-order valence-electron chi connectivity index (χ0n) is 19.3. The molecule has 1 fully saturated rings. The van der Waals surface area contributed by atoms with Crippen LogP contribution in [0.5, 0.6) is 0 Å². The van der Waals surface area contributed by atoms with E-state index in [1.807, 2.05) is 26.0 Å². The Labute approximate surface area is 201 Å². The summed E-state index contributed by atoms with van der Waals surface area (Å²) in [5.41, 5.74) is 2.76. The zero-order chi connectivity index (χ0) is 24.9. The number of H-pyrrole nitrogens is 1. The van der Waals surface area contributed by atoms with Crippen molar-refractivity contribution in [3.8, 4) is 11.1 Å². The van der Waals surface area contributed by atoms with Crippen LogP contribution in [0.25, 0.3) is 22.0 Å². The molecule has 7 nitrogen and oxygen atoms in total. The molecule has 1 amide bonds. The highest BCUT2D eigenvalue weighted by molar-refractivity contribution is 7.91. The fraction of sp³-hybridized carbons (Fsp3) is 0.231. The van der Waals surface area contributed by atoms with Crippen LogP contribution in [0.3, 0.4) is 0 Å². The van der Waals surface area contributed by atoms with Gasteiger partial charge in [-0.15, -0.1) is 0 Å². The molecule has 2 aromatic heterocycles. The summed E-state index contributed by atoms with van der Waals surface area (Å²) in [6.07, 6.45) is 2.46. The van der Waals surface area contributed by atoms with Gasteiger partial charge in [-0.2, -0.15) is 0 Å². The van der Waals surface area contributed by atoms with Crippen molar-refractivity contribution >= 4 is 26.8 Å². The third-order valence-corrected chi connectivity index (χ3v) is 8.07. The third-order valence-electron chi connectivity index (χ3n) is 6.25. The van der Waals surface area contributed by atoms with Gasteiger partial charge in [-0.1, -0.05) is 29.3 Å². The van der Waals surface area contributed by atoms with Crippen LogP contribution in [0.2, 0.25) is 0 Å². The summed E-state index contributed by atoms with van der Waals surface area (Å²) in [4.78, 5) is 29.0. The zero-order valence-corrected chi connectivity index (χ0v) is 20.1. The van der Waals surface area contributed by atoms with Gasteiger partial charge in [-0.05, 0) is 57.0 Å². The van der Waals surface area contributed by atoms with E-state index in [1.54, 1.807) is 34.9 Å². The van der Waals surface area contributed by atoms with Crippen molar-refractivity contribution < 1.29 is 17.6 Å². The van der Waals surface area contributed by atoms with Gasteiger partial charge in [0, 0.05) is 33.8 Å². The molecule has 0 spiro atoms. The molecule has 180 valence electrons. The number of amides is 1. The van der Waals surface area contributed by atoms with Gasteiger partial charge in [-0.25, -0.2) is 17.5 Å². The number of fused-ring (bicyclic) bond motifs is 1. The smallest absolute Gasteiger partial charge is 0.282 e. The minimum absolute atomic E-state index is 0.00701. The van der Waals surface area contributed by atoms with Crippen molar-refractivity contribution in [1.82, 2.24) is 14.3 Å². The molecule has 0 radical (unpaired) electrons. The molecule has 0 saturated heterocycles. The molecule has 1 saturated carbocycles. The standard InChI is InChI=1S/C26H24FN3O4S/c1-15-5-9-21(27)17(12-15)14-30-22-10-6-16(2)13-20(22)23(19-4-3-11-28-25(19)31)24(30)26(32)29-35(33,34)18-7-8-18/h3-6,9-13,18H,7-8,14H2,1-2H3,(H,28,31)(H,29,32). The number of pyridine rings is 1. The van der Waals surface area contributed by atoms with Crippen LogP contribution in [0.1, 0.15) is 40.0 Å². The monoisotopic (exact) mass is 493 g/mol. The van der Waals surface area contributed by atoms with E-state index in [9.17, 15) is 22.4 Å². The van der Waals surface area contributed by atoms with Crippen molar-refractivity contribution in [2.24, 2.45) is 0 Å². The minimum Gasteiger partial charge on any atom is -0.331 e. The molecule has 0 bridgehead atoms. The minimum atomic E-state index is -3.87. The number of sulfonamides is 1. The maximum atomic E-state index is 14.8. The molecule has 0 unspecified atom stereocenters. The first-order chi connectivity index (χ1) is 16.7. The van der Waals surface area contributed by atoms with E-state index < -0.39 is 32.6 Å². The summed E-state index contributed by atoms with van der Waals surface area (Å²) >= 11 is 0. The fourth-order valence-electron chi connectivity index (χ4n) is 4.39. The van der Waals surface area contributed by atoms with Gasteiger partial charge in [0.25, 0.3) is 11.5 Å². The number of halogens is 1. The lowest BCUT2D eigenvalue weighted by molar-refractivity contribution is 0.0974. The highest BCUT2D eigenvalue weighted by atomic mass is 32.2. The largest absolute Gasteiger partial charge is 0.331 e. The highest BCUT2D eigenvalue weighted by Gasteiger charge is 2.38. The SMILES string of the molecule is Cc1ccc(F)c(Cn2c(C(=O)NS(=O)(=O)C3CC3)c(-c3ccc[nH]c3=O)c3cc(C)ccc32)c1. The van der Waals surface area contributed by atoms with Crippen molar-refractivity contribution in [2.45, 2.75) is 38.5 Å². The Morgan fingerprint density at radius 2 is 1.83 bits per heavy atom. The maximum Gasteiger partial charge on any atom is 0.282 e. The molecule has 35 heavy (non-hydrogen) atoms. The fourth-order valence-corrected chi connectivity index (χ4v) is 5.67. The summed E-state index contributed by atoms with van der Waals surface area (Å²) in [6.45, 7) is 3.70. The van der Waals surface area contributed by atoms with Crippen LogP contribution in [0, 0.1) is 19.7 Å². The topological polar surface area (TPSA) is 101 Å². The van der Waals surface area contributed by atoms with Crippen LogP contribution >= 0.6 is 0 Å². The van der Waals surface area contributed by atoms with E-state index in [4.69, 9.17) is 0 Å². The average Bonchev–Trinajstić information content (AvgIpc) is 3.61. The van der Waals surface area contributed by atoms with Crippen LogP contribution in [0.15, 0.2) is 59.5 Å². The van der Waals surface area contributed by atoms with Gasteiger partial charge in [0.1, 0.15) is 11.5 Å². The van der Waals surface area contributed by atoms with E-state index in [2.05, 4.69) is 9.71 Å². The average molecular weight is 494 g/mol. The maximum absolute atomic E-state index is 14.8. The Balaban J connectivity index is 1.81. The summed E-state index contributed by atoms with van der Waals surface area (Å²) in [6, 6.07) is 13.4. The van der Waals surface area contributed by atoms with Crippen molar-refractivity contribution in [1.29, 1.82) is 0 Å². The first-order valence-corrected chi connectivity index (χ1v) is 12.8. The molecule has 9 heteroatoms. The van der Waals surface area contributed by atoms with E-state index in [-0.39, 0.29) is 17.8 Å². The van der Waals surface area contributed by atoms with E-state index in [0.717, 1.165) is 11.1 Å². The Kier molecular flexibility index (Phi) is 5.59. The van der Waals surface area contributed by atoms with E-state index in [1.165, 1.54) is 12.3 Å². The number of carbonyl (C=O) groups excluding carboxylic acids is 1. The van der Waals surface area contributed by atoms with Gasteiger partial charge in [0.15, 0.2) is 0 Å². The first-order valence-electron chi connectivity index (χ1n) is 11.3. The summed E-state index contributed by atoms with van der Waals surface area (Å²) in [7, 11) is -3.87. The second kappa shape index (κ2) is 8.49. The second-order valence-electron chi connectivity index (χ2n) is 9.01. The number of benzene rings is 2. The lowest BCUT2D eigenvalue weighted by atomic mass is 10.0. The molecule has 2 aromatic carbocycles. The number of hydrogen-bond acceptors (Lipinski definition) is 4. The summed E-state index contributed by atoms with van der Waals surface area (Å²) in [5, 5.41) is -0.00644. The van der Waals surface area contributed by atoms with Gasteiger partial charge in [0.2, 0.25) is 10.0 Å². The Bertz CT molecular complexity index is 1650. The van der Waals surface area contributed by atoms with Crippen molar-refractivity contribution in [2.75, 3.05) is 0 Å². The number of aromatic nitrogens is 2. The molecule has 4 aromatic rings. The van der Waals surface area contributed by atoms with Gasteiger partial charge < -0.3 is 9.55 Å². The number of carbonyl (C=O) groups is 1. The lowest BCUT2D eigenvalue weighted by Crippen LogP contribution is -2.35. The third kappa shape index (κ3) is 4.27. The van der Waals surface area contributed by atoms with Crippen LogP contribution in [-0.4, -0.2) is 29.1 Å². The molecular formula is C26H24FN3O4S. The number of aryl methyl sites for hydroxylation is 2. The molecule has 2 N–H and O–H groups in total. The lowest BCUT2D eigenvalue weighted by Gasteiger charge is -2.14. The predicted octanol–water partition coefficient (Wildman–Crippen LogP) is 4.02. The van der Waals surface area contributed by atoms with E-state index in [0.29, 0.717) is 34.9 Å². The van der Waals surface area contributed by atoms with Gasteiger partial charge in [0.05, 0.1) is 11.8 Å². The predicted molar refractivity (Wildman–Crippen MR) is 132 cm³/mol. The number of rotatable bonds is 6. The van der Waals surface area contributed by atoms with Crippen LogP contribution in [0.4, 0.5) is 4.39 Å². The van der Waals surface area contributed by atoms with Crippen molar-refractivity contribution in [3.05, 3.63) is 93.3 Å². The molecule has 0 atom stereocenters. The summed E-state index contributed by atoms with van der Waals surface area (Å²) < 4.78 is 43.9. The Morgan fingerprint density at radius 3 is 2.54 bits per heavy atom. The molecule has 2 heterocycles. The van der Waals surface area contributed by atoms with E-state index >= 15 is 0 Å². The Hall–Kier alpha value is -3.72. The van der Waals surface area contributed by atoms with Crippen LogP contribution < -0.4 is 10.3 Å². The highest BCUT2D eigenvalue weighted by Crippen LogP contribution is 2.36. The first kappa shape index (κ1) is 23.0. The quantitative estimate of drug-likeness (QED) is 0.424. The van der Waals surface area contributed by atoms with Gasteiger partial charge >= 0.3 is 0 Å². The number of nitrogens with one attached hydrogen (secondary N) is 2. The number of hydrogen-bond donors (Lipinski definition) is 2. The number of nitrogens with zero attached hydrogens (tertiary/aromatic N) is 1. The Morgan fingerprint density at radius 1 is 1.11 bits per heavy atom. The molecule has 1 aliphatic carbocycles. The molecular weight excluding hydrogens is 469 g/mol.